The van der Waals surface area contributed by atoms with Crippen molar-refractivity contribution in [1.82, 2.24) is 4.57 Å². The highest BCUT2D eigenvalue weighted by atomic mass is 15.3. The lowest BCUT2D eigenvalue weighted by Crippen LogP contribution is -2.19. The van der Waals surface area contributed by atoms with Gasteiger partial charge in [-0.2, -0.15) is 5.10 Å². The summed E-state index contributed by atoms with van der Waals surface area (Å²) in [6.07, 6.45) is 3.83. The first-order valence-electron chi connectivity index (χ1n) is 14.8. The zero-order valence-corrected chi connectivity index (χ0v) is 23.8. The molecule has 1 aliphatic rings. The van der Waals surface area contributed by atoms with Gasteiger partial charge in [0.05, 0.1) is 22.4 Å². The van der Waals surface area contributed by atoms with Crippen LogP contribution < -0.4 is 5.43 Å². The predicted octanol–water partition coefficient (Wildman–Crippen LogP) is 10.1. The van der Waals surface area contributed by atoms with E-state index in [2.05, 4.69) is 113 Å². The topological polar surface area (TPSA) is 53.2 Å². The van der Waals surface area contributed by atoms with Crippen LogP contribution in [0.3, 0.4) is 0 Å². The highest BCUT2D eigenvalue weighted by molar-refractivity contribution is 6.55. The van der Waals surface area contributed by atoms with E-state index in [-0.39, 0.29) is 0 Å². The molecule has 0 spiro atoms. The Balaban J connectivity index is 1.29. The smallest absolute Gasteiger partial charge is 0.117 e. The molecular weight excluding hydrogens is 536 g/mol. The molecule has 44 heavy (non-hydrogen) atoms. The maximum atomic E-state index is 8.72. The number of aromatic nitrogens is 1. The number of anilines is 1. The number of benzene rings is 7. The van der Waals surface area contributed by atoms with Crippen molar-refractivity contribution in [2.75, 3.05) is 5.43 Å². The van der Waals surface area contributed by atoms with Gasteiger partial charge in [-0.25, -0.2) is 0 Å². The highest BCUT2D eigenvalue weighted by Gasteiger charge is 2.21. The van der Waals surface area contributed by atoms with Crippen LogP contribution in [0.2, 0.25) is 0 Å². The van der Waals surface area contributed by atoms with E-state index in [4.69, 9.17) is 10.5 Å². The van der Waals surface area contributed by atoms with Crippen molar-refractivity contribution in [3.8, 4) is 5.69 Å². The first-order valence-corrected chi connectivity index (χ1v) is 14.8. The minimum absolute atomic E-state index is 0.388. The third kappa shape index (κ3) is 3.64. The van der Waals surface area contributed by atoms with Gasteiger partial charge in [-0.1, -0.05) is 103 Å². The Morgan fingerprint density at radius 2 is 1.18 bits per heavy atom. The van der Waals surface area contributed by atoms with Crippen molar-refractivity contribution in [2.45, 2.75) is 0 Å². The molecule has 1 aliphatic carbocycles. The van der Waals surface area contributed by atoms with Crippen LogP contribution in [0.4, 0.5) is 5.69 Å². The quantitative estimate of drug-likeness (QED) is 0.207. The van der Waals surface area contributed by atoms with Crippen LogP contribution in [-0.2, 0) is 0 Å². The number of hydrogen-bond acceptors (Lipinski definition) is 3. The molecule has 0 aliphatic heterocycles. The van der Waals surface area contributed by atoms with Gasteiger partial charge in [0.25, 0.3) is 0 Å². The number of fused-ring (bicyclic) bond motifs is 10. The summed E-state index contributed by atoms with van der Waals surface area (Å²) in [5.74, 6) is 0. The SMILES string of the molecule is N=C1C=Cc2ccc3cc(-n4c5ccc6ccccc6c5c5c6ccccc6ccc54)ccc3c2/C1=N/Nc1ccccc1. The first kappa shape index (κ1) is 24.6. The maximum Gasteiger partial charge on any atom is 0.117 e. The van der Waals surface area contributed by atoms with Crippen LogP contribution in [0.5, 0.6) is 0 Å². The minimum atomic E-state index is 0.388. The number of rotatable bonds is 3. The van der Waals surface area contributed by atoms with E-state index in [9.17, 15) is 0 Å². The maximum absolute atomic E-state index is 8.72. The zero-order valence-electron chi connectivity index (χ0n) is 23.8. The fourth-order valence-corrected chi connectivity index (χ4v) is 6.84. The van der Waals surface area contributed by atoms with Crippen LogP contribution in [0.1, 0.15) is 11.1 Å². The lowest BCUT2D eigenvalue weighted by Gasteiger charge is -2.18. The summed E-state index contributed by atoms with van der Waals surface area (Å²) < 4.78 is 2.40. The third-order valence-corrected chi connectivity index (χ3v) is 8.83. The van der Waals surface area contributed by atoms with Crippen molar-refractivity contribution in [2.24, 2.45) is 5.10 Å². The van der Waals surface area contributed by atoms with Gasteiger partial charge in [0.2, 0.25) is 0 Å². The number of nitrogens with one attached hydrogen (secondary N) is 2. The van der Waals surface area contributed by atoms with E-state index >= 15 is 0 Å². The Hall–Kier alpha value is -6.00. The van der Waals surface area contributed by atoms with Gasteiger partial charge in [0.1, 0.15) is 5.71 Å². The van der Waals surface area contributed by atoms with Gasteiger partial charge in [0, 0.05) is 22.0 Å². The second-order valence-corrected chi connectivity index (χ2v) is 11.3. The molecule has 0 saturated carbocycles. The Morgan fingerprint density at radius 1 is 0.545 bits per heavy atom. The number of hydrogen-bond donors (Lipinski definition) is 2. The van der Waals surface area contributed by atoms with E-state index in [1.165, 1.54) is 43.4 Å². The van der Waals surface area contributed by atoms with E-state index in [0.29, 0.717) is 11.4 Å². The minimum Gasteiger partial charge on any atom is -0.309 e. The van der Waals surface area contributed by atoms with E-state index < -0.39 is 0 Å². The molecule has 1 heterocycles. The summed E-state index contributed by atoms with van der Waals surface area (Å²) in [4.78, 5) is 0. The molecular formula is C40H26N4. The van der Waals surface area contributed by atoms with Crippen molar-refractivity contribution in [3.05, 3.63) is 151 Å². The molecule has 7 aromatic carbocycles. The Bertz CT molecular complexity index is 2440. The third-order valence-electron chi connectivity index (χ3n) is 8.83. The fraction of sp³-hybridized carbons (Fsp3) is 0. The van der Waals surface area contributed by atoms with Crippen molar-refractivity contribution in [1.29, 1.82) is 5.41 Å². The zero-order chi connectivity index (χ0) is 29.2. The standard InChI is InChI=1S/C40H26N4/c41-34-21-16-27-14-15-28-24-30(19-20-33(28)37(27)40(34)43-42-29-10-2-1-3-11-29)44-35-22-17-25-8-4-6-12-31(25)38(35)39-32-13-7-5-9-26(32)18-23-36(39)44/h1-24,41-42H/b41-34?,43-40+. The summed E-state index contributed by atoms with van der Waals surface area (Å²) in [5, 5.41) is 23.2. The molecule has 0 amide bonds. The van der Waals surface area contributed by atoms with Gasteiger partial charge in [0.15, 0.2) is 0 Å². The second kappa shape index (κ2) is 9.51. The molecule has 1 aromatic heterocycles. The van der Waals surface area contributed by atoms with Crippen LogP contribution in [0.15, 0.2) is 145 Å². The van der Waals surface area contributed by atoms with Crippen LogP contribution in [0, 0.1) is 5.41 Å². The lowest BCUT2D eigenvalue weighted by molar-refractivity contribution is 1.19. The number of para-hydroxylation sites is 1. The van der Waals surface area contributed by atoms with Crippen molar-refractivity contribution >= 4 is 77.3 Å². The molecule has 0 radical (unpaired) electrons. The average Bonchev–Trinajstić information content (AvgIpc) is 3.43. The van der Waals surface area contributed by atoms with E-state index in [1.807, 2.05) is 42.5 Å². The average molecular weight is 563 g/mol. The summed E-state index contributed by atoms with van der Waals surface area (Å²) in [5.41, 5.74) is 10.6. The van der Waals surface area contributed by atoms with Crippen LogP contribution >= 0.6 is 0 Å². The second-order valence-electron chi connectivity index (χ2n) is 11.3. The Morgan fingerprint density at radius 3 is 1.89 bits per heavy atom. The molecule has 9 rings (SSSR count). The number of allylic oxidation sites excluding steroid dienone is 1. The predicted molar refractivity (Wildman–Crippen MR) is 187 cm³/mol. The Kier molecular flexibility index (Phi) is 5.32. The fourth-order valence-electron chi connectivity index (χ4n) is 6.84. The molecule has 206 valence electrons. The molecule has 0 unspecified atom stereocenters. The highest BCUT2D eigenvalue weighted by Crippen LogP contribution is 2.41. The van der Waals surface area contributed by atoms with Crippen LogP contribution in [0.25, 0.3) is 65.9 Å². The van der Waals surface area contributed by atoms with E-state index in [1.54, 1.807) is 0 Å². The normalized spacial score (nSPS) is 13.9. The molecule has 4 nitrogen and oxygen atoms in total. The van der Waals surface area contributed by atoms with Gasteiger partial charge >= 0.3 is 0 Å². The van der Waals surface area contributed by atoms with Gasteiger partial charge in [-0.15, -0.1) is 0 Å². The van der Waals surface area contributed by atoms with E-state index in [0.717, 1.165) is 33.3 Å². The molecule has 0 atom stereocenters. The molecule has 0 bridgehead atoms. The van der Waals surface area contributed by atoms with Crippen LogP contribution in [-0.4, -0.2) is 16.0 Å². The Labute approximate surface area is 253 Å². The first-order chi connectivity index (χ1) is 21.7. The number of hydrazone groups is 1. The van der Waals surface area contributed by atoms with Gasteiger partial charge in [-0.3, -0.25) is 10.8 Å². The van der Waals surface area contributed by atoms with Gasteiger partial charge in [-0.05, 0) is 80.4 Å². The van der Waals surface area contributed by atoms with Crippen molar-refractivity contribution < 1.29 is 0 Å². The number of nitrogens with zero attached hydrogens (tertiary/aromatic N) is 2. The molecule has 4 heteroatoms. The van der Waals surface area contributed by atoms with Crippen molar-refractivity contribution in [3.63, 3.8) is 0 Å². The summed E-state index contributed by atoms with van der Waals surface area (Å²) in [6.45, 7) is 0. The largest absolute Gasteiger partial charge is 0.309 e. The molecule has 8 aromatic rings. The summed E-state index contributed by atoms with van der Waals surface area (Å²) >= 11 is 0. The molecule has 0 saturated heterocycles. The van der Waals surface area contributed by atoms with Gasteiger partial charge < -0.3 is 4.57 Å². The molecule has 2 N–H and O–H groups in total. The molecule has 0 fully saturated rings. The summed E-state index contributed by atoms with van der Waals surface area (Å²) in [6, 6.07) is 47.2. The summed E-state index contributed by atoms with van der Waals surface area (Å²) in [7, 11) is 0. The monoisotopic (exact) mass is 562 g/mol. The lowest BCUT2D eigenvalue weighted by atomic mass is 9.89.